The molecule has 1 heterocycles. The first-order valence-corrected chi connectivity index (χ1v) is 6.32. The molecule has 0 aliphatic carbocycles. The molecule has 6 nitrogen and oxygen atoms in total. The van der Waals surface area contributed by atoms with Crippen LogP contribution >= 0.6 is 0 Å². The number of hydrogen-bond acceptors (Lipinski definition) is 6. The zero-order chi connectivity index (χ0) is 12.6. The van der Waals surface area contributed by atoms with Crippen molar-refractivity contribution in [2.45, 2.75) is 51.9 Å². The number of esters is 1. The molecule has 1 saturated heterocycles. The average molecular weight is 252 g/mol. The molecule has 1 rings (SSSR count). The number of ether oxygens (including phenoxy) is 1. The Kier molecular flexibility index (Phi) is 3.61. The van der Waals surface area contributed by atoms with E-state index in [1.54, 1.807) is 27.7 Å². The van der Waals surface area contributed by atoms with Gasteiger partial charge in [0.25, 0.3) is 0 Å². The molecule has 0 N–H and O–H groups in total. The second-order valence-corrected chi connectivity index (χ2v) is 5.70. The monoisotopic (exact) mass is 252 g/mol. The van der Waals surface area contributed by atoms with Gasteiger partial charge in [0.05, 0.1) is 0 Å². The lowest BCUT2D eigenvalue weighted by Gasteiger charge is -2.22. The van der Waals surface area contributed by atoms with Gasteiger partial charge in [0, 0.05) is 0 Å². The van der Waals surface area contributed by atoms with Crippen LogP contribution in [-0.2, 0) is 28.3 Å². The van der Waals surface area contributed by atoms with Crippen LogP contribution in [0, 0.1) is 0 Å². The maximum Gasteiger partial charge on any atom is 0.401 e. The molecule has 1 aliphatic heterocycles. The van der Waals surface area contributed by atoms with Gasteiger partial charge in [-0.05, 0) is 27.2 Å². The summed E-state index contributed by atoms with van der Waals surface area (Å²) in [6.45, 7) is 6.77. The zero-order valence-electron chi connectivity index (χ0n) is 9.72. The molecule has 7 heteroatoms. The average Bonchev–Trinajstić information content (AvgIpc) is 2.38. The van der Waals surface area contributed by atoms with Gasteiger partial charge < -0.3 is 4.74 Å². The molecule has 0 amide bonds. The molecule has 0 aromatic carbocycles. The molecular formula is C9H16O6S. The molecule has 0 bridgehead atoms. The van der Waals surface area contributed by atoms with E-state index in [1.165, 1.54) is 0 Å². The molecular weight excluding hydrogens is 236 g/mol. The Morgan fingerprint density at radius 2 is 1.88 bits per heavy atom. The van der Waals surface area contributed by atoms with Crippen LogP contribution in [0.15, 0.2) is 0 Å². The summed E-state index contributed by atoms with van der Waals surface area (Å²) in [5.74, 6) is -0.722. The highest BCUT2D eigenvalue weighted by Crippen LogP contribution is 2.25. The first-order valence-electron chi connectivity index (χ1n) is 4.99. The van der Waals surface area contributed by atoms with E-state index >= 15 is 0 Å². The van der Waals surface area contributed by atoms with Gasteiger partial charge in [-0.2, -0.15) is 8.42 Å². The van der Waals surface area contributed by atoms with E-state index < -0.39 is 34.2 Å². The van der Waals surface area contributed by atoms with E-state index in [1.807, 2.05) is 0 Å². The Morgan fingerprint density at radius 3 is 2.31 bits per heavy atom. The Morgan fingerprint density at radius 1 is 1.31 bits per heavy atom. The van der Waals surface area contributed by atoms with Gasteiger partial charge in [-0.25, -0.2) is 13.2 Å². The standard InChI is InChI=1S/C9H16O6S/c1-5-6-7(15-16(11,12)14-6)8(10)13-9(2,3)4/h6-7H,5H2,1-4H3/t6-,7+/m0/s1. The molecule has 94 valence electrons. The predicted molar refractivity (Wildman–Crippen MR) is 54.8 cm³/mol. The third-order valence-corrected chi connectivity index (χ3v) is 2.77. The Balaban J connectivity index is 2.76. The van der Waals surface area contributed by atoms with Crippen LogP contribution in [0.5, 0.6) is 0 Å². The number of hydrogen-bond donors (Lipinski definition) is 0. The zero-order valence-corrected chi connectivity index (χ0v) is 10.5. The molecule has 0 aromatic heterocycles. The minimum Gasteiger partial charge on any atom is -0.458 e. The normalized spacial score (nSPS) is 29.0. The van der Waals surface area contributed by atoms with E-state index in [9.17, 15) is 13.2 Å². The summed E-state index contributed by atoms with van der Waals surface area (Å²) in [6, 6.07) is 0. The lowest BCUT2D eigenvalue weighted by molar-refractivity contribution is -0.164. The van der Waals surface area contributed by atoms with Crippen molar-refractivity contribution in [2.24, 2.45) is 0 Å². The van der Waals surface area contributed by atoms with Crippen molar-refractivity contribution in [3.63, 3.8) is 0 Å². The van der Waals surface area contributed by atoms with E-state index in [-0.39, 0.29) is 0 Å². The van der Waals surface area contributed by atoms with Crippen LogP contribution in [0.1, 0.15) is 34.1 Å². The highest BCUT2D eigenvalue weighted by Gasteiger charge is 2.45. The Labute approximate surface area is 95.2 Å². The number of rotatable bonds is 2. The third-order valence-electron chi connectivity index (χ3n) is 1.84. The Hall–Kier alpha value is -0.660. The van der Waals surface area contributed by atoms with E-state index in [0.29, 0.717) is 6.42 Å². The third kappa shape index (κ3) is 3.43. The fourth-order valence-corrected chi connectivity index (χ4v) is 2.29. The van der Waals surface area contributed by atoms with Gasteiger partial charge in [-0.3, -0.25) is 0 Å². The molecule has 0 unspecified atom stereocenters. The second-order valence-electron chi connectivity index (χ2n) is 4.50. The second kappa shape index (κ2) is 4.31. The van der Waals surface area contributed by atoms with Gasteiger partial charge in [-0.1, -0.05) is 6.92 Å². The maximum absolute atomic E-state index is 11.6. The molecule has 0 saturated carbocycles. The van der Waals surface area contributed by atoms with Crippen molar-refractivity contribution in [3.05, 3.63) is 0 Å². The minimum atomic E-state index is -4.06. The van der Waals surface area contributed by atoms with Gasteiger partial charge in [0.2, 0.25) is 6.10 Å². The summed E-state index contributed by atoms with van der Waals surface area (Å²) in [4.78, 5) is 11.6. The minimum absolute atomic E-state index is 0.350. The van der Waals surface area contributed by atoms with Crippen molar-refractivity contribution >= 4 is 16.4 Å². The Bertz CT molecular complexity index is 366. The first kappa shape index (κ1) is 13.4. The molecule has 2 atom stereocenters. The van der Waals surface area contributed by atoms with Crippen LogP contribution in [0.3, 0.4) is 0 Å². The molecule has 0 aromatic rings. The maximum atomic E-state index is 11.6. The highest BCUT2D eigenvalue weighted by molar-refractivity contribution is 7.82. The fourth-order valence-electron chi connectivity index (χ4n) is 1.25. The fraction of sp³-hybridized carbons (Fsp3) is 0.889. The summed E-state index contributed by atoms with van der Waals surface area (Å²) >= 11 is 0. The molecule has 0 spiro atoms. The summed E-state index contributed by atoms with van der Waals surface area (Å²) in [6.07, 6.45) is -1.66. The highest BCUT2D eigenvalue weighted by atomic mass is 32.3. The van der Waals surface area contributed by atoms with Gasteiger partial charge in [0.1, 0.15) is 11.7 Å². The van der Waals surface area contributed by atoms with Gasteiger partial charge >= 0.3 is 16.4 Å². The van der Waals surface area contributed by atoms with E-state index in [0.717, 1.165) is 0 Å². The van der Waals surface area contributed by atoms with Crippen LogP contribution in [0.25, 0.3) is 0 Å². The quantitative estimate of drug-likeness (QED) is 0.675. The van der Waals surface area contributed by atoms with E-state index in [2.05, 4.69) is 8.37 Å². The summed E-state index contributed by atoms with van der Waals surface area (Å²) < 4.78 is 36.2. The van der Waals surface area contributed by atoms with Crippen LogP contribution < -0.4 is 0 Å². The first-order chi connectivity index (χ1) is 7.14. The summed E-state index contributed by atoms with van der Waals surface area (Å²) in [5, 5.41) is 0. The van der Waals surface area contributed by atoms with Crippen molar-refractivity contribution < 1.29 is 26.3 Å². The molecule has 1 fully saturated rings. The van der Waals surface area contributed by atoms with Crippen LogP contribution in [0.2, 0.25) is 0 Å². The number of carbonyl (C=O) groups is 1. The molecule has 16 heavy (non-hydrogen) atoms. The lowest BCUT2D eigenvalue weighted by atomic mass is 10.1. The number of carbonyl (C=O) groups excluding carboxylic acids is 1. The summed E-state index contributed by atoms with van der Waals surface area (Å²) in [5.41, 5.74) is -0.689. The van der Waals surface area contributed by atoms with Gasteiger partial charge in [-0.15, -0.1) is 0 Å². The lowest BCUT2D eigenvalue weighted by Crippen LogP contribution is -2.37. The van der Waals surface area contributed by atoms with Crippen LogP contribution in [0.4, 0.5) is 0 Å². The SMILES string of the molecule is CC[C@@H]1OS(=O)(=O)O[C@H]1C(=O)OC(C)(C)C. The largest absolute Gasteiger partial charge is 0.458 e. The smallest absolute Gasteiger partial charge is 0.401 e. The van der Waals surface area contributed by atoms with E-state index in [4.69, 9.17) is 4.74 Å². The van der Waals surface area contributed by atoms with Crippen molar-refractivity contribution in [1.82, 2.24) is 0 Å². The molecule has 1 aliphatic rings. The molecule has 0 radical (unpaired) electrons. The van der Waals surface area contributed by atoms with Crippen molar-refractivity contribution in [2.75, 3.05) is 0 Å². The van der Waals surface area contributed by atoms with Gasteiger partial charge in [0.15, 0.2) is 0 Å². The van der Waals surface area contributed by atoms with Crippen molar-refractivity contribution in [1.29, 1.82) is 0 Å². The van der Waals surface area contributed by atoms with Crippen molar-refractivity contribution in [3.8, 4) is 0 Å². The summed E-state index contributed by atoms with van der Waals surface area (Å²) in [7, 11) is -4.06. The van der Waals surface area contributed by atoms with Crippen LogP contribution in [-0.4, -0.2) is 32.2 Å². The predicted octanol–water partition coefficient (Wildman–Crippen LogP) is 0.767. The topological polar surface area (TPSA) is 78.9 Å².